The molecule has 0 saturated heterocycles. The van der Waals surface area contributed by atoms with Gasteiger partial charge in [0.25, 0.3) is 0 Å². The molecule has 98 valence electrons. The predicted octanol–water partition coefficient (Wildman–Crippen LogP) is 3.16. The van der Waals surface area contributed by atoms with E-state index in [1.807, 2.05) is 43.3 Å². The van der Waals surface area contributed by atoms with Gasteiger partial charge < -0.3 is 4.74 Å². The Hall–Kier alpha value is -2.75. The summed E-state index contributed by atoms with van der Waals surface area (Å²) >= 11 is 0. The third-order valence-corrected chi connectivity index (χ3v) is 2.86. The molecule has 0 N–H and O–H groups in total. The highest BCUT2D eigenvalue weighted by Gasteiger charge is 2.11. The second kappa shape index (κ2) is 5.09. The fraction of sp³-hybridized carbons (Fsp3) is 0.0625. The summed E-state index contributed by atoms with van der Waals surface area (Å²) in [5.74, 6) is -0.00110. The molecule has 0 radical (unpaired) electrons. The van der Waals surface area contributed by atoms with Gasteiger partial charge in [0.15, 0.2) is 5.69 Å². The number of aromatic nitrogens is 2. The van der Waals surface area contributed by atoms with Crippen molar-refractivity contribution < 1.29 is 9.53 Å². The summed E-state index contributed by atoms with van der Waals surface area (Å²) in [5, 5.41) is 0. The van der Waals surface area contributed by atoms with Crippen molar-refractivity contribution in [2.45, 2.75) is 6.92 Å². The van der Waals surface area contributed by atoms with Crippen molar-refractivity contribution >= 4 is 17.0 Å². The minimum absolute atomic E-state index is 0.199. The molecule has 0 unspecified atom stereocenters. The molecule has 1 aromatic heterocycles. The summed E-state index contributed by atoms with van der Waals surface area (Å²) in [5.41, 5.74) is 2.65. The molecule has 0 amide bonds. The number of ether oxygens (including phenoxy) is 1. The van der Waals surface area contributed by atoms with Gasteiger partial charge in [-0.25, -0.2) is 9.78 Å². The van der Waals surface area contributed by atoms with Crippen LogP contribution >= 0.6 is 0 Å². The zero-order chi connectivity index (χ0) is 13.9. The van der Waals surface area contributed by atoms with Gasteiger partial charge in [0.1, 0.15) is 5.75 Å². The Kier molecular flexibility index (Phi) is 3.13. The maximum Gasteiger partial charge on any atom is 0.363 e. The number of rotatable bonds is 2. The quantitative estimate of drug-likeness (QED) is 0.527. The van der Waals surface area contributed by atoms with Crippen LogP contribution in [0.3, 0.4) is 0 Å². The van der Waals surface area contributed by atoms with Crippen molar-refractivity contribution in [2.75, 3.05) is 0 Å². The molecule has 4 heteroatoms. The van der Waals surface area contributed by atoms with E-state index in [1.165, 1.54) is 6.20 Å². The average molecular weight is 264 g/mol. The van der Waals surface area contributed by atoms with E-state index in [9.17, 15) is 4.79 Å². The lowest BCUT2D eigenvalue weighted by Gasteiger charge is -2.05. The number of carbonyl (C=O) groups excluding carboxylic acids is 1. The molecule has 20 heavy (non-hydrogen) atoms. The van der Waals surface area contributed by atoms with Gasteiger partial charge in [0, 0.05) is 0 Å². The van der Waals surface area contributed by atoms with Crippen LogP contribution in [0, 0.1) is 6.92 Å². The summed E-state index contributed by atoms with van der Waals surface area (Å²) in [6.07, 6.45) is 1.43. The lowest BCUT2D eigenvalue weighted by Crippen LogP contribution is -2.11. The van der Waals surface area contributed by atoms with Gasteiger partial charge in [-0.1, -0.05) is 24.3 Å². The van der Waals surface area contributed by atoms with E-state index in [0.717, 1.165) is 11.1 Å². The Bertz CT molecular complexity index is 784. The molecule has 0 atom stereocenters. The van der Waals surface area contributed by atoms with E-state index in [1.54, 1.807) is 12.1 Å². The fourth-order valence-corrected chi connectivity index (χ4v) is 1.89. The van der Waals surface area contributed by atoms with E-state index in [0.29, 0.717) is 11.3 Å². The first-order valence-electron chi connectivity index (χ1n) is 6.23. The maximum absolute atomic E-state index is 12.0. The number of hydrogen-bond donors (Lipinski definition) is 0. The van der Waals surface area contributed by atoms with Gasteiger partial charge in [0.05, 0.1) is 17.2 Å². The van der Waals surface area contributed by atoms with E-state index in [-0.39, 0.29) is 5.69 Å². The SMILES string of the molecule is Cc1cccc(OC(=O)c2cnc3ccccc3n2)c1. The third kappa shape index (κ3) is 2.49. The number of hydrogen-bond acceptors (Lipinski definition) is 4. The van der Waals surface area contributed by atoms with Crippen molar-refractivity contribution in [2.24, 2.45) is 0 Å². The molecule has 3 aromatic rings. The van der Waals surface area contributed by atoms with E-state index in [4.69, 9.17) is 4.74 Å². The molecule has 0 aliphatic heterocycles. The van der Waals surface area contributed by atoms with Crippen LogP contribution in [0.15, 0.2) is 54.7 Å². The van der Waals surface area contributed by atoms with Crippen molar-refractivity contribution in [1.29, 1.82) is 0 Å². The fourth-order valence-electron chi connectivity index (χ4n) is 1.89. The second-order valence-corrected chi connectivity index (χ2v) is 4.45. The maximum atomic E-state index is 12.0. The van der Waals surface area contributed by atoms with E-state index < -0.39 is 5.97 Å². The number of esters is 1. The van der Waals surface area contributed by atoms with Crippen LogP contribution in [0.25, 0.3) is 11.0 Å². The van der Waals surface area contributed by atoms with E-state index in [2.05, 4.69) is 9.97 Å². The zero-order valence-corrected chi connectivity index (χ0v) is 10.9. The van der Waals surface area contributed by atoms with Gasteiger partial charge in [-0.2, -0.15) is 0 Å². The number of fused-ring (bicyclic) bond motifs is 1. The van der Waals surface area contributed by atoms with Crippen LogP contribution < -0.4 is 4.74 Å². The first-order chi connectivity index (χ1) is 9.72. The molecule has 0 aliphatic carbocycles. The van der Waals surface area contributed by atoms with Gasteiger partial charge in [0.2, 0.25) is 0 Å². The minimum Gasteiger partial charge on any atom is -0.422 e. The summed E-state index contributed by atoms with van der Waals surface area (Å²) in [4.78, 5) is 20.5. The topological polar surface area (TPSA) is 52.1 Å². The molecular weight excluding hydrogens is 252 g/mol. The first-order valence-corrected chi connectivity index (χ1v) is 6.23. The Morgan fingerprint density at radius 1 is 1.05 bits per heavy atom. The van der Waals surface area contributed by atoms with Crippen LogP contribution in [0.1, 0.15) is 16.1 Å². The summed E-state index contributed by atoms with van der Waals surface area (Å²) in [6.45, 7) is 1.94. The smallest absolute Gasteiger partial charge is 0.363 e. The molecule has 0 spiro atoms. The summed E-state index contributed by atoms with van der Waals surface area (Å²) < 4.78 is 5.29. The van der Waals surface area contributed by atoms with Gasteiger partial charge >= 0.3 is 5.97 Å². The number of carbonyl (C=O) groups is 1. The average Bonchev–Trinajstić information content (AvgIpc) is 2.47. The van der Waals surface area contributed by atoms with Crippen molar-refractivity contribution in [3.05, 3.63) is 66.0 Å². The first kappa shape index (κ1) is 12.3. The molecule has 3 rings (SSSR count). The Morgan fingerprint density at radius 2 is 1.85 bits per heavy atom. The van der Waals surface area contributed by atoms with Crippen LogP contribution in [0.2, 0.25) is 0 Å². The third-order valence-electron chi connectivity index (χ3n) is 2.86. The second-order valence-electron chi connectivity index (χ2n) is 4.45. The molecule has 1 heterocycles. The zero-order valence-electron chi connectivity index (χ0n) is 10.9. The molecule has 2 aromatic carbocycles. The molecule has 0 bridgehead atoms. The van der Waals surface area contributed by atoms with Crippen molar-refractivity contribution in [1.82, 2.24) is 9.97 Å². The largest absolute Gasteiger partial charge is 0.422 e. The normalized spacial score (nSPS) is 10.4. The standard InChI is InChI=1S/C16H12N2O2/c1-11-5-4-6-12(9-11)20-16(19)15-10-17-13-7-2-3-8-14(13)18-15/h2-10H,1H3. The molecule has 0 aliphatic rings. The summed E-state index contributed by atoms with van der Waals surface area (Å²) in [6, 6.07) is 14.7. The number of nitrogens with zero attached hydrogens (tertiary/aromatic N) is 2. The van der Waals surface area contributed by atoms with Gasteiger partial charge in [-0.05, 0) is 36.8 Å². The minimum atomic E-state index is -0.506. The van der Waals surface area contributed by atoms with Crippen molar-refractivity contribution in [3.8, 4) is 5.75 Å². The highest BCUT2D eigenvalue weighted by molar-refractivity contribution is 5.90. The molecule has 0 fully saturated rings. The molecule has 0 saturated carbocycles. The monoisotopic (exact) mass is 264 g/mol. The highest BCUT2D eigenvalue weighted by Crippen LogP contribution is 2.15. The van der Waals surface area contributed by atoms with Gasteiger partial charge in [-0.15, -0.1) is 0 Å². The van der Waals surface area contributed by atoms with Crippen molar-refractivity contribution in [3.63, 3.8) is 0 Å². The van der Waals surface area contributed by atoms with Crippen LogP contribution in [-0.2, 0) is 0 Å². The Balaban J connectivity index is 1.88. The lowest BCUT2D eigenvalue weighted by molar-refractivity contribution is 0.0728. The van der Waals surface area contributed by atoms with Crippen LogP contribution in [0.4, 0.5) is 0 Å². The number of benzene rings is 2. The molecule has 4 nitrogen and oxygen atoms in total. The number of aryl methyl sites for hydroxylation is 1. The summed E-state index contributed by atoms with van der Waals surface area (Å²) in [7, 11) is 0. The molecular formula is C16H12N2O2. The predicted molar refractivity (Wildman–Crippen MR) is 75.7 cm³/mol. The lowest BCUT2D eigenvalue weighted by atomic mass is 10.2. The van der Waals surface area contributed by atoms with E-state index >= 15 is 0 Å². The van der Waals surface area contributed by atoms with Gasteiger partial charge in [-0.3, -0.25) is 4.98 Å². The number of para-hydroxylation sites is 2. The van der Waals surface area contributed by atoms with Crippen LogP contribution in [0.5, 0.6) is 5.75 Å². The Morgan fingerprint density at radius 3 is 2.65 bits per heavy atom. The Labute approximate surface area is 116 Å². The van der Waals surface area contributed by atoms with Crippen LogP contribution in [-0.4, -0.2) is 15.9 Å². The highest BCUT2D eigenvalue weighted by atomic mass is 16.5.